The first kappa shape index (κ1) is 18.9. The standard InChI is InChI=1S/C21H24O4/c1-15-5-11-18(12-6-15)20(23)21(24-3,25-4)19-13-9-17(10-14-19)8-7-16(2)22/h5-6,9-14,22H,2,7-8H2,1,3-4H3. The van der Waals surface area contributed by atoms with Crippen LogP contribution in [0.25, 0.3) is 0 Å². The minimum absolute atomic E-state index is 0.154. The maximum Gasteiger partial charge on any atom is 0.260 e. The van der Waals surface area contributed by atoms with Gasteiger partial charge in [-0.1, -0.05) is 60.7 Å². The smallest absolute Gasteiger partial charge is 0.260 e. The molecule has 132 valence electrons. The van der Waals surface area contributed by atoms with Crippen molar-refractivity contribution in [3.63, 3.8) is 0 Å². The molecule has 0 atom stereocenters. The van der Waals surface area contributed by atoms with Crippen LogP contribution in [-0.2, 0) is 21.7 Å². The van der Waals surface area contributed by atoms with E-state index in [2.05, 4.69) is 6.58 Å². The number of carbonyl (C=O) groups is 1. The van der Waals surface area contributed by atoms with E-state index in [1.54, 1.807) is 12.1 Å². The van der Waals surface area contributed by atoms with Crippen LogP contribution in [0.2, 0.25) is 0 Å². The second kappa shape index (κ2) is 8.10. The van der Waals surface area contributed by atoms with Crippen molar-refractivity contribution in [2.24, 2.45) is 0 Å². The van der Waals surface area contributed by atoms with E-state index >= 15 is 0 Å². The molecule has 2 aromatic carbocycles. The summed E-state index contributed by atoms with van der Waals surface area (Å²) >= 11 is 0. The van der Waals surface area contributed by atoms with Crippen LogP contribution in [0.15, 0.2) is 60.9 Å². The average Bonchev–Trinajstić information content (AvgIpc) is 2.63. The fourth-order valence-electron chi connectivity index (χ4n) is 2.71. The monoisotopic (exact) mass is 340 g/mol. The van der Waals surface area contributed by atoms with Crippen molar-refractivity contribution in [1.82, 2.24) is 0 Å². The van der Waals surface area contributed by atoms with Gasteiger partial charge in [-0.25, -0.2) is 0 Å². The molecule has 2 aromatic rings. The number of ether oxygens (including phenoxy) is 2. The molecule has 25 heavy (non-hydrogen) atoms. The van der Waals surface area contributed by atoms with E-state index in [0.29, 0.717) is 24.0 Å². The van der Waals surface area contributed by atoms with Gasteiger partial charge in [-0.05, 0) is 18.9 Å². The number of allylic oxidation sites excluding steroid dienone is 1. The highest BCUT2D eigenvalue weighted by Crippen LogP contribution is 2.31. The number of methoxy groups -OCH3 is 2. The molecule has 0 fully saturated rings. The number of aliphatic hydroxyl groups excluding tert-OH is 1. The molecule has 0 unspecified atom stereocenters. The van der Waals surface area contributed by atoms with Crippen LogP contribution in [0.5, 0.6) is 0 Å². The summed E-state index contributed by atoms with van der Waals surface area (Å²) in [7, 11) is 2.92. The van der Waals surface area contributed by atoms with Gasteiger partial charge in [-0.2, -0.15) is 0 Å². The molecule has 0 saturated carbocycles. The molecule has 0 aliphatic carbocycles. The summed E-state index contributed by atoms with van der Waals surface area (Å²) in [6, 6.07) is 14.7. The fourth-order valence-corrected chi connectivity index (χ4v) is 2.71. The molecule has 0 radical (unpaired) electrons. The zero-order valence-electron chi connectivity index (χ0n) is 14.9. The first-order chi connectivity index (χ1) is 11.9. The van der Waals surface area contributed by atoms with Crippen LogP contribution >= 0.6 is 0 Å². The number of hydrogen-bond acceptors (Lipinski definition) is 4. The van der Waals surface area contributed by atoms with Crippen molar-refractivity contribution in [1.29, 1.82) is 0 Å². The predicted octanol–water partition coefficient (Wildman–Crippen LogP) is 4.33. The highest BCUT2D eigenvalue weighted by atomic mass is 16.7. The van der Waals surface area contributed by atoms with Crippen molar-refractivity contribution in [2.45, 2.75) is 25.6 Å². The largest absolute Gasteiger partial charge is 0.513 e. The molecule has 0 amide bonds. The van der Waals surface area contributed by atoms with Crippen molar-refractivity contribution in [2.75, 3.05) is 14.2 Å². The van der Waals surface area contributed by atoms with Crippen LogP contribution in [0.1, 0.15) is 33.5 Å². The minimum Gasteiger partial charge on any atom is -0.513 e. The number of benzene rings is 2. The Morgan fingerprint density at radius 2 is 1.60 bits per heavy atom. The zero-order valence-corrected chi connectivity index (χ0v) is 14.9. The topological polar surface area (TPSA) is 55.8 Å². The molecular weight excluding hydrogens is 316 g/mol. The summed E-state index contributed by atoms with van der Waals surface area (Å²) in [6.07, 6.45) is 1.18. The molecule has 0 spiro atoms. The first-order valence-corrected chi connectivity index (χ1v) is 8.11. The molecule has 0 aromatic heterocycles. The van der Waals surface area contributed by atoms with E-state index in [4.69, 9.17) is 9.47 Å². The van der Waals surface area contributed by atoms with Crippen LogP contribution in [0.4, 0.5) is 0 Å². The number of ketones is 1. The third-order valence-corrected chi connectivity index (χ3v) is 4.22. The molecule has 4 heteroatoms. The van der Waals surface area contributed by atoms with Crippen molar-refractivity contribution in [3.8, 4) is 0 Å². The maximum absolute atomic E-state index is 13.0. The number of rotatable bonds is 8. The Kier molecular flexibility index (Phi) is 6.12. The van der Waals surface area contributed by atoms with Gasteiger partial charge in [0.05, 0.1) is 5.76 Å². The van der Waals surface area contributed by atoms with E-state index in [9.17, 15) is 9.90 Å². The molecule has 0 aliphatic rings. The number of aliphatic hydroxyl groups is 1. The van der Waals surface area contributed by atoms with Crippen molar-refractivity contribution >= 4 is 5.78 Å². The molecular formula is C21H24O4. The maximum atomic E-state index is 13.0. The lowest BCUT2D eigenvalue weighted by atomic mass is 9.94. The summed E-state index contributed by atoms with van der Waals surface area (Å²) in [6.45, 7) is 5.45. The van der Waals surface area contributed by atoms with Gasteiger partial charge in [-0.3, -0.25) is 4.79 Å². The van der Waals surface area contributed by atoms with Gasteiger partial charge < -0.3 is 14.6 Å². The molecule has 2 rings (SSSR count). The molecule has 0 aliphatic heterocycles. The Balaban J connectivity index is 2.33. The lowest BCUT2D eigenvalue weighted by molar-refractivity contribution is -0.176. The highest BCUT2D eigenvalue weighted by Gasteiger charge is 2.41. The van der Waals surface area contributed by atoms with E-state index in [0.717, 1.165) is 11.1 Å². The third-order valence-electron chi connectivity index (χ3n) is 4.22. The van der Waals surface area contributed by atoms with Crippen LogP contribution in [0, 0.1) is 6.92 Å². The summed E-state index contributed by atoms with van der Waals surface area (Å²) in [5.74, 6) is -1.59. The number of Topliss-reactive ketones (excluding diaryl/α,β-unsaturated/α-hetero) is 1. The second-order valence-corrected chi connectivity index (χ2v) is 5.98. The van der Waals surface area contributed by atoms with Crippen molar-refractivity contribution < 1.29 is 19.4 Å². The summed E-state index contributed by atoms with van der Waals surface area (Å²) in [4.78, 5) is 13.0. The van der Waals surface area contributed by atoms with Crippen LogP contribution in [-0.4, -0.2) is 25.1 Å². The third kappa shape index (κ3) is 4.16. The average molecular weight is 340 g/mol. The summed E-state index contributed by atoms with van der Waals surface area (Å²) in [5, 5.41) is 9.21. The number of hydrogen-bond donors (Lipinski definition) is 1. The summed E-state index contributed by atoms with van der Waals surface area (Å²) in [5.41, 5.74) is 3.25. The lowest BCUT2D eigenvalue weighted by Gasteiger charge is -2.30. The summed E-state index contributed by atoms with van der Waals surface area (Å²) < 4.78 is 11.1. The van der Waals surface area contributed by atoms with E-state index in [1.165, 1.54) is 14.2 Å². The Bertz CT molecular complexity index is 725. The SMILES string of the molecule is C=C(O)CCc1ccc(C(OC)(OC)C(=O)c2ccc(C)cc2)cc1. The zero-order chi connectivity index (χ0) is 18.4. The van der Waals surface area contributed by atoms with E-state index in [-0.39, 0.29) is 11.5 Å². The quantitative estimate of drug-likeness (QED) is 0.441. The Morgan fingerprint density at radius 3 is 2.08 bits per heavy atom. The minimum atomic E-state index is -1.49. The van der Waals surface area contributed by atoms with E-state index in [1.807, 2.05) is 43.3 Å². The van der Waals surface area contributed by atoms with Gasteiger partial charge in [0.1, 0.15) is 0 Å². The van der Waals surface area contributed by atoms with Crippen LogP contribution in [0.3, 0.4) is 0 Å². The fraction of sp³-hybridized carbons (Fsp3) is 0.286. The van der Waals surface area contributed by atoms with Gasteiger partial charge in [0.15, 0.2) is 0 Å². The molecule has 0 saturated heterocycles. The van der Waals surface area contributed by atoms with Crippen molar-refractivity contribution in [3.05, 3.63) is 83.1 Å². The Hall–Kier alpha value is -2.43. The molecule has 1 N–H and O–H groups in total. The van der Waals surface area contributed by atoms with E-state index < -0.39 is 5.79 Å². The molecule has 0 heterocycles. The van der Waals surface area contributed by atoms with Gasteiger partial charge in [0, 0.05) is 31.8 Å². The normalized spacial score (nSPS) is 11.3. The van der Waals surface area contributed by atoms with Gasteiger partial charge in [0.2, 0.25) is 5.78 Å². The van der Waals surface area contributed by atoms with Gasteiger partial charge >= 0.3 is 0 Å². The second-order valence-electron chi connectivity index (χ2n) is 5.98. The Morgan fingerprint density at radius 1 is 1.04 bits per heavy atom. The number of carbonyl (C=O) groups excluding carboxylic acids is 1. The van der Waals surface area contributed by atoms with Gasteiger partial charge in [0.25, 0.3) is 5.79 Å². The first-order valence-electron chi connectivity index (χ1n) is 8.11. The van der Waals surface area contributed by atoms with Crippen LogP contribution < -0.4 is 0 Å². The Labute approximate surface area is 148 Å². The lowest BCUT2D eigenvalue weighted by Crippen LogP contribution is -2.40. The highest BCUT2D eigenvalue weighted by molar-refractivity contribution is 6.02. The molecule has 4 nitrogen and oxygen atoms in total. The predicted molar refractivity (Wildman–Crippen MR) is 97.7 cm³/mol. The van der Waals surface area contributed by atoms with Gasteiger partial charge in [-0.15, -0.1) is 0 Å². The molecule has 0 bridgehead atoms. The number of aryl methyl sites for hydroxylation is 2.